The smallest absolute Gasteiger partial charge is 0.0631 e. The van der Waals surface area contributed by atoms with Gasteiger partial charge in [0, 0.05) is 19.4 Å². The minimum Gasteiger partial charge on any atom is -0.376 e. The maximum atomic E-state index is 6.00. The van der Waals surface area contributed by atoms with Gasteiger partial charge in [-0.05, 0) is 56.1 Å². The highest BCUT2D eigenvalue weighted by Gasteiger charge is 2.40. The first kappa shape index (κ1) is 17.9. The molecule has 1 saturated heterocycles. The molecule has 2 nitrogen and oxygen atoms in total. The normalized spacial score (nSPS) is 23.0. The second kappa shape index (κ2) is 7.97. The van der Waals surface area contributed by atoms with E-state index in [0.717, 1.165) is 38.8 Å². The van der Waals surface area contributed by atoms with Gasteiger partial charge >= 0.3 is 0 Å². The summed E-state index contributed by atoms with van der Waals surface area (Å²) in [5.41, 5.74) is 2.83. The van der Waals surface area contributed by atoms with Gasteiger partial charge in [-0.3, -0.25) is 4.99 Å². The minimum absolute atomic E-state index is 0.0455. The highest BCUT2D eigenvalue weighted by molar-refractivity contribution is 5.79. The molecule has 0 radical (unpaired) electrons. The van der Waals surface area contributed by atoms with Crippen molar-refractivity contribution in [2.45, 2.75) is 45.1 Å². The lowest BCUT2D eigenvalue weighted by atomic mass is 9.68. The number of hydrogen-bond acceptors (Lipinski definition) is 2. The number of ether oxygens (including phenoxy) is 1. The topological polar surface area (TPSA) is 21.6 Å². The van der Waals surface area contributed by atoms with Crippen LogP contribution in [0.15, 0.2) is 65.7 Å². The van der Waals surface area contributed by atoms with Crippen LogP contribution in [0.1, 0.15) is 44.2 Å². The van der Waals surface area contributed by atoms with Crippen LogP contribution in [0.3, 0.4) is 0 Å². The van der Waals surface area contributed by atoms with Gasteiger partial charge in [0.05, 0.1) is 5.60 Å². The van der Waals surface area contributed by atoms with Gasteiger partial charge in [-0.25, -0.2) is 0 Å². The standard InChI is InChI=1S/C23H29NO/c1-22(2)19-23(14-16-25-22,17-20-9-5-3-6-10-20)13-15-24-18-21-11-7-4-8-12-21/h3-12,18H,13-17,19H2,1-2H3/t23-/m1/s1. The van der Waals surface area contributed by atoms with E-state index in [2.05, 4.69) is 68.4 Å². The summed E-state index contributed by atoms with van der Waals surface area (Å²) in [5.74, 6) is 0. The van der Waals surface area contributed by atoms with Gasteiger partial charge in [-0.15, -0.1) is 0 Å². The Labute approximate surface area is 152 Å². The van der Waals surface area contributed by atoms with Gasteiger partial charge in [-0.1, -0.05) is 60.7 Å². The molecule has 2 aromatic carbocycles. The number of nitrogens with zero attached hydrogens (tertiary/aromatic N) is 1. The van der Waals surface area contributed by atoms with E-state index < -0.39 is 0 Å². The summed E-state index contributed by atoms with van der Waals surface area (Å²) in [6.07, 6.45) is 6.43. The van der Waals surface area contributed by atoms with Crippen molar-refractivity contribution < 1.29 is 4.74 Å². The molecule has 0 bridgehead atoms. The van der Waals surface area contributed by atoms with Gasteiger partial charge < -0.3 is 4.74 Å². The summed E-state index contributed by atoms with van der Waals surface area (Å²) >= 11 is 0. The maximum Gasteiger partial charge on any atom is 0.0631 e. The molecule has 0 saturated carbocycles. The van der Waals surface area contributed by atoms with Crippen LogP contribution in [-0.4, -0.2) is 25.0 Å². The third kappa shape index (κ3) is 5.27. The molecular weight excluding hydrogens is 306 g/mol. The first-order valence-electron chi connectivity index (χ1n) is 9.30. The lowest BCUT2D eigenvalue weighted by Crippen LogP contribution is -2.43. The van der Waals surface area contributed by atoms with Crippen molar-refractivity contribution in [3.8, 4) is 0 Å². The zero-order valence-corrected chi connectivity index (χ0v) is 15.4. The predicted molar refractivity (Wildman–Crippen MR) is 105 cm³/mol. The molecule has 1 fully saturated rings. The summed E-state index contributed by atoms with van der Waals surface area (Å²) < 4.78 is 6.00. The van der Waals surface area contributed by atoms with E-state index in [9.17, 15) is 0 Å². The van der Waals surface area contributed by atoms with E-state index in [-0.39, 0.29) is 11.0 Å². The van der Waals surface area contributed by atoms with Crippen LogP contribution in [0.2, 0.25) is 0 Å². The van der Waals surface area contributed by atoms with E-state index in [1.807, 2.05) is 12.3 Å². The Morgan fingerprint density at radius 2 is 1.68 bits per heavy atom. The monoisotopic (exact) mass is 335 g/mol. The molecule has 0 spiro atoms. The van der Waals surface area contributed by atoms with Gasteiger partial charge in [0.1, 0.15) is 0 Å². The van der Waals surface area contributed by atoms with Crippen molar-refractivity contribution in [3.63, 3.8) is 0 Å². The summed E-state index contributed by atoms with van der Waals surface area (Å²) in [5, 5.41) is 0. The molecule has 1 atom stereocenters. The van der Waals surface area contributed by atoms with Crippen molar-refractivity contribution in [2.24, 2.45) is 10.4 Å². The SMILES string of the molecule is CC1(C)C[C@@](CCN=Cc2ccccc2)(Cc2ccccc2)CCO1. The molecule has 25 heavy (non-hydrogen) atoms. The highest BCUT2D eigenvalue weighted by Crippen LogP contribution is 2.44. The molecular formula is C23H29NO. The lowest BCUT2D eigenvalue weighted by Gasteiger charge is -2.45. The Bertz CT molecular complexity index is 678. The van der Waals surface area contributed by atoms with Gasteiger partial charge in [0.15, 0.2) is 0 Å². The number of rotatable bonds is 6. The number of benzene rings is 2. The first-order chi connectivity index (χ1) is 12.1. The molecule has 1 heterocycles. The number of hydrogen-bond donors (Lipinski definition) is 0. The molecule has 2 aromatic rings. The van der Waals surface area contributed by atoms with Crippen LogP contribution in [0.4, 0.5) is 0 Å². The molecule has 0 aliphatic carbocycles. The average molecular weight is 335 g/mol. The summed E-state index contributed by atoms with van der Waals surface area (Å²) in [4.78, 5) is 4.70. The minimum atomic E-state index is -0.0455. The molecule has 1 aliphatic heterocycles. The summed E-state index contributed by atoms with van der Waals surface area (Å²) in [7, 11) is 0. The van der Waals surface area contributed by atoms with Gasteiger partial charge in [0.2, 0.25) is 0 Å². The van der Waals surface area contributed by atoms with Crippen molar-refractivity contribution in [2.75, 3.05) is 13.2 Å². The molecule has 132 valence electrons. The van der Waals surface area contributed by atoms with E-state index in [0.29, 0.717) is 0 Å². The van der Waals surface area contributed by atoms with Crippen LogP contribution in [-0.2, 0) is 11.2 Å². The Morgan fingerprint density at radius 3 is 2.36 bits per heavy atom. The van der Waals surface area contributed by atoms with E-state index in [4.69, 9.17) is 9.73 Å². The van der Waals surface area contributed by atoms with E-state index >= 15 is 0 Å². The zero-order chi connectivity index (χ0) is 17.6. The lowest BCUT2D eigenvalue weighted by molar-refractivity contribution is -0.106. The number of aliphatic imine (C=N–C) groups is 1. The maximum absolute atomic E-state index is 6.00. The van der Waals surface area contributed by atoms with E-state index in [1.54, 1.807) is 0 Å². The largest absolute Gasteiger partial charge is 0.376 e. The molecule has 0 amide bonds. The fourth-order valence-corrected chi connectivity index (χ4v) is 4.08. The van der Waals surface area contributed by atoms with Crippen molar-refractivity contribution >= 4 is 6.21 Å². The second-order valence-corrected chi connectivity index (χ2v) is 7.89. The van der Waals surface area contributed by atoms with Crippen molar-refractivity contribution in [1.82, 2.24) is 0 Å². The Balaban J connectivity index is 1.69. The fraction of sp³-hybridized carbons (Fsp3) is 0.435. The molecule has 0 N–H and O–H groups in total. The zero-order valence-electron chi connectivity index (χ0n) is 15.4. The van der Waals surface area contributed by atoms with Crippen LogP contribution in [0.5, 0.6) is 0 Å². The summed E-state index contributed by atoms with van der Waals surface area (Å²) in [6.45, 7) is 6.17. The quantitative estimate of drug-likeness (QED) is 0.655. The third-order valence-electron chi connectivity index (χ3n) is 5.16. The van der Waals surface area contributed by atoms with Crippen LogP contribution in [0, 0.1) is 5.41 Å². The summed E-state index contributed by atoms with van der Waals surface area (Å²) in [6, 6.07) is 21.2. The second-order valence-electron chi connectivity index (χ2n) is 7.89. The van der Waals surface area contributed by atoms with Crippen LogP contribution in [0.25, 0.3) is 0 Å². The highest BCUT2D eigenvalue weighted by atomic mass is 16.5. The molecule has 3 rings (SSSR count). The van der Waals surface area contributed by atoms with Crippen molar-refractivity contribution in [3.05, 3.63) is 71.8 Å². The molecule has 2 heteroatoms. The Morgan fingerprint density at radius 1 is 1.00 bits per heavy atom. The molecule has 1 aliphatic rings. The first-order valence-corrected chi connectivity index (χ1v) is 9.30. The predicted octanol–water partition coefficient (Wildman–Crippen LogP) is 5.31. The van der Waals surface area contributed by atoms with Gasteiger partial charge in [-0.2, -0.15) is 0 Å². The van der Waals surface area contributed by atoms with Crippen molar-refractivity contribution in [1.29, 1.82) is 0 Å². The molecule has 0 aromatic heterocycles. The van der Waals surface area contributed by atoms with E-state index in [1.165, 1.54) is 11.1 Å². The van der Waals surface area contributed by atoms with Gasteiger partial charge in [0.25, 0.3) is 0 Å². The van der Waals surface area contributed by atoms with Crippen LogP contribution >= 0.6 is 0 Å². The third-order valence-corrected chi connectivity index (χ3v) is 5.16. The Kier molecular flexibility index (Phi) is 5.70. The average Bonchev–Trinajstić information content (AvgIpc) is 2.60. The molecule has 0 unspecified atom stereocenters. The Hall–Kier alpha value is -1.93. The van der Waals surface area contributed by atoms with Crippen LogP contribution < -0.4 is 0 Å². The fourth-order valence-electron chi connectivity index (χ4n) is 4.08.